The van der Waals surface area contributed by atoms with Crippen molar-refractivity contribution in [3.63, 3.8) is 0 Å². The number of phosphoric ester groups is 1. The average Bonchev–Trinajstić information content (AvgIpc) is 1.87. The van der Waals surface area contributed by atoms with Gasteiger partial charge in [0.2, 0.25) is 65.0 Å². The van der Waals surface area contributed by atoms with Gasteiger partial charge in [0.15, 0.2) is 0 Å². The average molecular weight is 1300 g/mol. The monoisotopic (exact) mass is 1300 g/mol. The van der Waals surface area contributed by atoms with E-state index in [1.807, 2.05) is 12.1 Å². The van der Waals surface area contributed by atoms with Crippen LogP contribution < -0.4 is 64.6 Å². The fraction of sp³-hybridized carbons (Fsp3) is 0.649. The molecule has 89 heavy (non-hydrogen) atoms. The highest BCUT2D eigenvalue weighted by atomic mass is 32.2. The van der Waals surface area contributed by atoms with Gasteiger partial charge in [-0.3, -0.25) is 57.3 Å². The van der Waals surface area contributed by atoms with E-state index < -0.39 is 121 Å². The minimum Gasteiger partial charge on any atom is -0.370 e. The number of benzene rings is 1. The zero-order valence-corrected chi connectivity index (χ0v) is 53.0. The number of primary amides is 2. The summed E-state index contributed by atoms with van der Waals surface area (Å²) in [7, 11) is -5.38. The van der Waals surface area contributed by atoms with Crippen LogP contribution in [0.25, 0.3) is 10.1 Å². The molecule has 0 unspecified atom stereocenters. The molecule has 4 aliphatic rings. The summed E-state index contributed by atoms with van der Waals surface area (Å²) in [6.07, 6.45) is 5.27. The maximum Gasteiger partial charge on any atom is 0.469 e. The highest BCUT2D eigenvalue weighted by molar-refractivity contribution is 8.00. The van der Waals surface area contributed by atoms with E-state index >= 15 is 0 Å². The fourth-order valence-electron chi connectivity index (χ4n) is 11.6. The number of nitrogens with zero attached hydrogens (tertiary/aromatic N) is 1. The van der Waals surface area contributed by atoms with Gasteiger partial charge in [-0.15, -0.1) is 11.3 Å². The molecule has 1 aromatic carbocycles. The Morgan fingerprint density at radius 3 is 2.09 bits per heavy atom. The molecule has 1 aliphatic carbocycles. The van der Waals surface area contributed by atoms with Crippen molar-refractivity contribution in [3.8, 4) is 0 Å². The highest BCUT2D eigenvalue weighted by Gasteiger charge is 2.45. The lowest BCUT2D eigenvalue weighted by Crippen LogP contribution is -2.62. The Bertz CT molecular complexity index is 2950. The van der Waals surface area contributed by atoms with E-state index in [4.69, 9.17) is 16.0 Å². The second-order valence-corrected chi connectivity index (χ2v) is 26.7. The number of hydrogen-bond acceptors (Lipinski definition) is 16. The molecule has 492 valence electrons. The number of carbonyl (C=O) groups is 12. The second kappa shape index (κ2) is 33.8. The van der Waals surface area contributed by atoms with Crippen molar-refractivity contribution in [2.75, 3.05) is 18.8 Å². The van der Waals surface area contributed by atoms with Crippen molar-refractivity contribution in [2.45, 2.75) is 209 Å². The van der Waals surface area contributed by atoms with Crippen LogP contribution in [0, 0.1) is 5.92 Å². The van der Waals surface area contributed by atoms with E-state index in [0.717, 1.165) is 72.6 Å². The number of nitrogens with one attached hydrogen (secondary N) is 10. The zero-order chi connectivity index (χ0) is 65.1. The molecule has 3 aliphatic heterocycles. The van der Waals surface area contributed by atoms with Crippen LogP contribution in [0.5, 0.6) is 0 Å². The van der Waals surface area contributed by atoms with Crippen molar-refractivity contribution < 1.29 is 76.4 Å². The molecular formula is C57H86N13O16PS2. The summed E-state index contributed by atoms with van der Waals surface area (Å²) in [5, 5.41) is 29.5. The third kappa shape index (κ3) is 21.9. The van der Waals surface area contributed by atoms with Gasteiger partial charge in [0.25, 0.3) is 0 Å². The molecular weight excluding hydrogens is 1220 g/mol. The first-order valence-corrected chi connectivity index (χ1v) is 33.8. The van der Waals surface area contributed by atoms with E-state index in [0.29, 0.717) is 18.4 Å². The van der Waals surface area contributed by atoms with Crippen LogP contribution in [0.2, 0.25) is 0 Å². The number of thiophene rings is 1. The Labute approximate surface area is 524 Å². The van der Waals surface area contributed by atoms with E-state index in [1.165, 1.54) is 32.1 Å². The molecule has 0 radical (unpaired) electrons. The SMILES string of the molecule is CC(=O)N[C@@H](CCCNC(=O)CCCC[C@@H]1SC[C@@H]2NC(=O)N[C@@H]21)C(=O)N[C@@H](C)C(=O)N[C@@H](C)C(=O)N[C@@H](Cc1csc2ccccc12)C(=O)N[C@H](C(=O)N1CCC[C@H]1C(=O)N[C@@H](CC1CCCCC1)C(=O)N[C@@H](CCC(N)=O)C(N)=O)[C@H](C)OP(=O)(O)O. The number of hydrogen-bond donors (Lipinski definition) is 14. The van der Waals surface area contributed by atoms with Gasteiger partial charge >= 0.3 is 13.9 Å². The maximum absolute atomic E-state index is 14.8. The second-order valence-electron chi connectivity index (χ2n) is 23.3. The number of amides is 13. The highest BCUT2D eigenvalue weighted by Crippen LogP contribution is 2.39. The van der Waals surface area contributed by atoms with Gasteiger partial charge in [-0.1, -0.05) is 56.7 Å². The van der Waals surface area contributed by atoms with Gasteiger partial charge in [0, 0.05) is 55.0 Å². The molecule has 32 heteroatoms. The minimum atomic E-state index is -5.38. The molecule has 2 aromatic rings. The van der Waals surface area contributed by atoms with Gasteiger partial charge in [-0.05, 0) is 100 Å². The molecule has 1 aromatic heterocycles. The largest absolute Gasteiger partial charge is 0.469 e. The van der Waals surface area contributed by atoms with E-state index in [1.54, 1.807) is 29.3 Å². The molecule has 0 spiro atoms. The van der Waals surface area contributed by atoms with Crippen LogP contribution in [-0.2, 0) is 68.2 Å². The standard InChI is InChI=1S/C57H86N13O16PS2/c1-30(62-52(77)38(63-33(4)71)17-12-24-60-46(73)21-11-10-20-44-48-41(29-89-44)67-57(82)69-48)50(75)61-31(2)51(76)65-40(27-35-28-88-43-19-9-8-16-36(35)43)54(79)68-47(32(3)86-87(83,84)85)56(81)70-25-13-18-42(70)55(80)66-39(26-34-14-6-5-7-15-34)53(78)64-37(49(59)74)22-23-45(58)72/h8-9,16,19,28,30-32,34,37-42,44,47-48H,5-7,10-15,17-18,20-27,29H2,1-4H3,(H2,58,72)(H2,59,74)(H,60,73)(H,61,75)(H,62,77)(H,63,71)(H,64,78)(H,65,76)(H,66,80)(H,68,79)(H2,67,69,82)(H2,83,84,85)/t30-,31-,32-,37-,38-,39-,40-,41-,42-,44-,47-,48-/m0/s1. The van der Waals surface area contributed by atoms with Gasteiger partial charge in [0.1, 0.15) is 48.3 Å². The van der Waals surface area contributed by atoms with Gasteiger partial charge in [-0.2, -0.15) is 11.8 Å². The molecule has 12 atom stereocenters. The first-order chi connectivity index (χ1) is 42.2. The number of urea groups is 1. The summed E-state index contributed by atoms with van der Waals surface area (Å²) in [5.41, 5.74) is 11.4. The number of likely N-dealkylation sites (tertiary alicyclic amines) is 1. The number of phosphoric acid groups is 1. The van der Waals surface area contributed by atoms with Gasteiger partial charge in [-0.25, -0.2) is 9.36 Å². The number of fused-ring (bicyclic) bond motifs is 2. The van der Waals surface area contributed by atoms with Crippen molar-refractivity contribution in [1.29, 1.82) is 0 Å². The van der Waals surface area contributed by atoms with Crippen molar-refractivity contribution in [1.82, 2.24) is 58.1 Å². The molecule has 6 rings (SSSR count). The Hall–Kier alpha value is -6.92. The Kier molecular flexibility index (Phi) is 27.0. The molecule has 3 saturated heterocycles. The maximum atomic E-state index is 14.8. The first-order valence-electron chi connectivity index (χ1n) is 30.3. The van der Waals surface area contributed by atoms with Crippen LogP contribution in [0.1, 0.15) is 136 Å². The number of thioether (sulfide) groups is 1. The lowest BCUT2D eigenvalue weighted by Gasteiger charge is -2.33. The molecule has 13 amide bonds. The summed E-state index contributed by atoms with van der Waals surface area (Å²) >= 11 is 3.15. The molecule has 16 N–H and O–H groups in total. The van der Waals surface area contributed by atoms with Crippen LogP contribution in [0.15, 0.2) is 29.6 Å². The van der Waals surface area contributed by atoms with Gasteiger partial charge < -0.3 is 79.3 Å². The van der Waals surface area contributed by atoms with Crippen molar-refractivity contribution in [3.05, 3.63) is 35.2 Å². The van der Waals surface area contributed by atoms with E-state index in [9.17, 15) is 71.9 Å². The third-order valence-corrected chi connectivity index (χ3v) is 19.5. The Morgan fingerprint density at radius 2 is 1.40 bits per heavy atom. The first kappa shape index (κ1) is 71.2. The molecule has 4 heterocycles. The number of rotatable bonds is 34. The quantitative estimate of drug-likeness (QED) is 0.0244. The van der Waals surface area contributed by atoms with Crippen molar-refractivity contribution >= 4 is 112 Å². The third-order valence-electron chi connectivity index (χ3n) is 16.3. The number of nitrogens with two attached hydrogens (primary N) is 2. The smallest absolute Gasteiger partial charge is 0.370 e. The topological polar surface area (TPSA) is 447 Å². The summed E-state index contributed by atoms with van der Waals surface area (Å²) in [4.78, 5) is 180. The minimum absolute atomic E-state index is 0.00133. The normalized spacial score (nSPS) is 21.0. The Morgan fingerprint density at radius 1 is 0.742 bits per heavy atom. The van der Waals surface area contributed by atoms with Crippen LogP contribution in [0.4, 0.5) is 4.79 Å². The molecule has 4 fully saturated rings. The zero-order valence-electron chi connectivity index (χ0n) is 50.5. The summed E-state index contributed by atoms with van der Waals surface area (Å²) in [5.74, 6) is -7.56. The lowest BCUT2D eigenvalue weighted by atomic mass is 9.84. The summed E-state index contributed by atoms with van der Waals surface area (Å²) < 4.78 is 18.2. The fourth-order valence-corrected chi connectivity index (χ4v) is 14.7. The van der Waals surface area contributed by atoms with Gasteiger partial charge in [0.05, 0.1) is 18.2 Å². The molecule has 1 saturated carbocycles. The molecule has 29 nitrogen and oxygen atoms in total. The van der Waals surface area contributed by atoms with Crippen LogP contribution >= 0.6 is 30.9 Å². The lowest BCUT2D eigenvalue weighted by molar-refractivity contribution is -0.144. The predicted octanol–water partition coefficient (Wildman–Crippen LogP) is -0.271. The summed E-state index contributed by atoms with van der Waals surface area (Å²) in [6, 6.07) is -3.78. The Balaban J connectivity index is 1.09. The van der Waals surface area contributed by atoms with Crippen LogP contribution in [0.3, 0.4) is 0 Å². The number of unbranched alkanes of at least 4 members (excludes halogenated alkanes) is 1. The number of carbonyl (C=O) groups excluding carboxylic acids is 12. The van der Waals surface area contributed by atoms with Crippen LogP contribution in [-0.4, -0.2) is 176 Å². The molecule has 0 bridgehead atoms. The summed E-state index contributed by atoms with van der Waals surface area (Å²) in [6.45, 7) is 5.12. The van der Waals surface area contributed by atoms with E-state index in [2.05, 4.69) is 53.2 Å². The predicted molar refractivity (Wildman–Crippen MR) is 328 cm³/mol. The van der Waals surface area contributed by atoms with Crippen molar-refractivity contribution in [2.24, 2.45) is 17.4 Å². The van der Waals surface area contributed by atoms with E-state index in [-0.39, 0.29) is 99.6 Å².